The number of nitrogens with zero attached hydrogens (tertiary/aromatic N) is 1. The van der Waals surface area contributed by atoms with Gasteiger partial charge in [-0.2, -0.15) is 0 Å². The SMILES string of the molecule is CC(C)CC[C@@H](C)[C@H]1CC[C@H]2[C@@H]3CC=C4C[C@H](OC(=O)CNC(=O)[C@@H]5CCCN5C(=O)[C@H](CC(C)C)NC(=O)OC(C)(C)C)CC[C@]4(C)[C@H]3CC[C@]12C. The molecule has 0 bridgehead atoms. The largest absolute Gasteiger partial charge is 0.461 e. The van der Waals surface area contributed by atoms with Crippen LogP contribution in [0.1, 0.15) is 153 Å². The molecule has 0 unspecified atom stereocenters. The summed E-state index contributed by atoms with van der Waals surface area (Å²) in [4.78, 5) is 54.2. The van der Waals surface area contributed by atoms with Gasteiger partial charge in [-0.1, -0.05) is 73.0 Å². The molecule has 5 rings (SSSR count). The average molecular weight is 740 g/mol. The molecule has 3 amide bonds. The predicted octanol–water partition coefficient (Wildman–Crippen LogP) is 8.60. The predicted molar refractivity (Wildman–Crippen MR) is 209 cm³/mol. The number of carbonyl (C=O) groups excluding carboxylic acids is 4. The molecule has 3 saturated carbocycles. The summed E-state index contributed by atoms with van der Waals surface area (Å²) in [5.41, 5.74) is 1.42. The van der Waals surface area contributed by atoms with Gasteiger partial charge >= 0.3 is 12.1 Å². The van der Waals surface area contributed by atoms with Crippen LogP contribution in [0.2, 0.25) is 0 Å². The standard InChI is InChI=1S/C44H73N3O6/c1-27(2)13-14-29(5)33-17-18-34-32-16-15-30-25-31(19-21-43(30,9)35(32)20-22-44(33,34)10)52-38(48)26-45-39(49)37-12-11-23-47(37)40(50)36(24-28(3)4)46-41(51)53-42(6,7)8/h15,27-29,31-37H,11-14,16-26H2,1-10H3,(H,45,49)(H,46,51)/t29-,31-,32+,33-,34+,35+,36+,37+,43+,44-/m1/s1. The zero-order valence-electron chi connectivity index (χ0n) is 34.9. The number of ether oxygens (including phenoxy) is 2. The Bertz CT molecular complexity index is 1370. The maximum atomic E-state index is 13.7. The first kappa shape index (κ1) is 41.6. The number of carbonyl (C=O) groups is 4. The quantitative estimate of drug-likeness (QED) is 0.153. The molecule has 300 valence electrons. The van der Waals surface area contributed by atoms with E-state index >= 15 is 0 Å². The van der Waals surface area contributed by atoms with Crippen LogP contribution < -0.4 is 10.6 Å². The first-order chi connectivity index (χ1) is 24.8. The van der Waals surface area contributed by atoms with E-state index in [0.717, 1.165) is 55.3 Å². The second kappa shape index (κ2) is 16.6. The summed E-state index contributed by atoms with van der Waals surface area (Å²) in [6, 6.07) is -1.50. The van der Waals surface area contributed by atoms with Gasteiger partial charge in [-0.25, -0.2) is 4.79 Å². The molecular formula is C44H73N3O6. The van der Waals surface area contributed by atoms with Crippen molar-refractivity contribution in [2.24, 2.45) is 52.3 Å². The van der Waals surface area contributed by atoms with Crippen LogP contribution in [0, 0.1) is 52.3 Å². The third kappa shape index (κ3) is 9.45. The molecule has 9 nitrogen and oxygen atoms in total. The summed E-state index contributed by atoms with van der Waals surface area (Å²) in [5.74, 6) is 3.75. The topological polar surface area (TPSA) is 114 Å². The zero-order chi connectivity index (χ0) is 38.9. The Morgan fingerprint density at radius 1 is 0.925 bits per heavy atom. The monoisotopic (exact) mass is 740 g/mol. The summed E-state index contributed by atoms with van der Waals surface area (Å²) in [5, 5.41) is 5.50. The van der Waals surface area contributed by atoms with Crippen molar-refractivity contribution in [3.63, 3.8) is 0 Å². The normalized spacial score (nSPS) is 33.7. The highest BCUT2D eigenvalue weighted by Crippen LogP contribution is 2.67. The number of esters is 1. The number of alkyl carbamates (subject to hydrolysis) is 1. The summed E-state index contributed by atoms with van der Waals surface area (Å²) in [6.07, 6.45) is 15.2. The van der Waals surface area contributed by atoms with Crippen molar-refractivity contribution >= 4 is 23.9 Å². The highest BCUT2D eigenvalue weighted by atomic mass is 16.6. The van der Waals surface area contributed by atoms with E-state index in [0.29, 0.717) is 37.1 Å². The van der Waals surface area contributed by atoms with E-state index in [4.69, 9.17) is 9.47 Å². The lowest BCUT2D eigenvalue weighted by molar-refractivity contribution is -0.151. The zero-order valence-corrected chi connectivity index (χ0v) is 34.9. The molecule has 0 aromatic rings. The molecule has 1 saturated heterocycles. The maximum absolute atomic E-state index is 13.7. The van der Waals surface area contributed by atoms with Crippen molar-refractivity contribution in [2.45, 2.75) is 176 Å². The number of fused-ring (bicyclic) bond motifs is 5. The minimum absolute atomic E-state index is 0.138. The van der Waals surface area contributed by atoms with Gasteiger partial charge in [0.15, 0.2) is 0 Å². The maximum Gasteiger partial charge on any atom is 0.408 e. The van der Waals surface area contributed by atoms with Crippen LogP contribution in [0.15, 0.2) is 11.6 Å². The highest BCUT2D eigenvalue weighted by Gasteiger charge is 2.59. The van der Waals surface area contributed by atoms with Crippen LogP contribution in [-0.4, -0.2) is 65.7 Å². The molecule has 0 spiro atoms. The molecule has 10 atom stereocenters. The van der Waals surface area contributed by atoms with Gasteiger partial charge in [-0.15, -0.1) is 0 Å². The fourth-order valence-electron chi connectivity index (χ4n) is 11.7. The van der Waals surface area contributed by atoms with E-state index in [1.54, 1.807) is 25.7 Å². The molecule has 0 aromatic heterocycles. The lowest BCUT2D eigenvalue weighted by Gasteiger charge is -2.58. The lowest BCUT2D eigenvalue weighted by atomic mass is 9.47. The number of allylic oxidation sites excluding steroid dienone is 1. The van der Waals surface area contributed by atoms with Gasteiger partial charge in [0.2, 0.25) is 11.8 Å². The minimum atomic E-state index is -0.805. The molecule has 4 fully saturated rings. The molecule has 1 aliphatic heterocycles. The van der Waals surface area contributed by atoms with Crippen LogP contribution in [0.25, 0.3) is 0 Å². The van der Waals surface area contributed by atoms with E-state index in [9.17, 15) is 19.2 Å². The first-order valence-corrected chi connectivity index (χ1v) is 21.3. The Balaban J connectivity index is 1.13. The van der Waals surface area contributed by atoms with Crippen molar-refractivity contribution in [3.8, 4) is 0 Å². The Hall–Kier alpha value is -2.58. The number of rotatable bonds is 12. The molecule has 5 aliphatic rings. The van der Waals surface area contributed by atoms with Crippen molar-refractivity contribution in [2.75, 3.05) is 13.1 Å². The number of nitrogens with one attached hydrogen (secondary N) is 2. The average Bonchev–Trinajstić information content (AvgIpc) is 3.69. The summed E-state index contributed by atoms with van der Waals surface area (Å²) < 4.78 is 11.4. The van der Waals surface area contributed by atoms with Crippen molar-refractivity contribution in [1.82, 2.24) is 15.5 Å². The van der Waals surface area contributed by atoms with Crippen LogP contribution in [-0.2, 0) is 23.9 Å². The molecule has 53 heavy (non-hydrogen) atoms. The number of hydrogen-bond acceptors (Lipinski definition) is 6. The molecule has 4 aliphatic carbocycles. The molecular weight excluding hydrogens is 666 g/mol. The summed E-state index contributed by atoms with van der Waals surface area (Å²) in [7, 11) is 0. The molecule has 9 heteroatoms. The van der Waals surface area contributed by atoms with Gasteiger partial charge in [0.1, 0.15) is 30.3 Å². The van der Waals surface area contributed by atoms with E-state index in [2.05, 4.69) is 51.3 Å². The first-order valence-electron chi connectivity index (χ1n) is 21.3. The Morgan fingerprint density at radius 3 is 2.34 bits per heavy atom. The van der Waals surface area contributed by atoms with Gasteiger partial charge in [-0.05, 0) is 137 Å². The van der Waals surface area contributed by atoms with E-state index in [-0.39, 0.29) is 35.8 Å². The van der Waals surface area contributed by atoms with Crippen LogP contribution >= 0.6 is 0 Å². The van der Waals surface area contributed by atoms with Crippen LogP contribution in [0.5, 0.6) is 0 Å². The Labute approximate surface area is 320 Å². The van der Waals surface area contributed by atoms with Crippen molar-refractivity contribution < 1.29 is 28.7 Å². The van der Waals surface area contributed by atoms with E-state index < -0.39 is 29.7 Å². The lowest BCUT2D eigenvalue weighted by Crippen LogP contribution is -2.54. The van der Waals surface area contributed by atoms with Gasteiger partial charge in [0.25, 0.3) is 0 Å². The van der Waals surface area contributed by atoms with Crippen molar-refractivity contribution in [1.29, 1.82) is 0 Å². The Kier molecular flexibility index (Phi) is 13.1. The highest BCUT2D eigenvalue weighted by molar-refractivity contribution is 5.93. The van der Waals surface area contributed by atoms with E-state index in [1.807, 2.05) is 13.8 Å². The number of amides is 3. The van der Waals surface area contributed by atoms with Gasteiger partial charge in [0, 0.05) is 13.0 Å². The summed E-state index contributed by atoms with van der Waals surface area (Å²) in [6.45, 7) is 21.9. The van der Waals surface area contributed by atoms with E-state index in [1.165, 1.54) is 44.1 Å². The number of hydrogen-bond donors (Lipinski definition) is 2. The fraction of sp³-hybridized carbons (Fsp3) is 0.864. The van der Waals surface area contributed by atoms with Gasteiger partial charge in [0.05, 0.1) is 0 Å². The Morgan fingerprint density at radius 2 is 1.66 bits per heavy atom. The smallest absolute Gasteiger partial charge is 0.408 e. The van der Waals surface area contributed by atoms with Crippen LogP contribution in [0.3, 0.4) is 0 Å². The fourth-order valence-corrected chi connectivity index (χ4v) is 11.7. The molecule has 2 N–H and O–H groups in total. The van der Waals surface area contributed by atoms with Gasteiger partial charge < -0.3 is 25.0 Å². The molecule has 0 radical (unpaired) electrons. The second-order valence-corrected chi connectivity index (χ2v) is 20.0. The molecule has 0 aromatic carbocycles. The third-order valence-corrected chi connectivity index (χ3v) is 14.3. The van der Waals surface area contributed by atoms with Crippen molar-refractivity contribution in [3.05, 3.63) is 11.6 Å². The minimum Gasteiger partial charge on any atom is -0.461 e. The molecule has 1 heterocycles. The van der Waals surface area contributed by atoms with Crippen LogP contribution in [0.4, 0.5) is 4.79 Å². The summed E-state index contributed by atoms with van der Waals surface area (Å²) >= 11 is 0. The number of likely N-dealkylation sites (tertiary alicyclic amines) is 1. The second-order valence-electron chi connectivity index (χ2n) is 20.0. The third-order valence-electron chi connectivity index (χ3n) is 14.3. The van der Waals surface area contributed by atoms with Gasteiger partial charge in [-0.3, -0.25) is 14.4 Å².